The molecule has 0 aromatic carbocycles. The van der Waals surface area contributed by atoms with E-state index in [2.05, 4.69) is 0 Å². The number of urea groups is 1. The maximum Gasteiger partial charge on any atom is 0.345 e. The van der Waals surface area contributed by atoms with Crippen molar-refractivity contribution in [3.63, 3.8) is 0 Å². The fourth-order valence-electron chi connectivity index (χ4n) is 2.12. The first kappa shape index (κ1) is 9.26. The molecule has 2 fully saturated rings. The Morgan fingerprint density at radius 3 is 2.86 bits per heavy atom. The van der Waals surface area contributed by atoms with Crippen LogP contribution < -0.4 is 0 Å². The lowest BCUT2D eigenvalue weighted by Crippen LogP contribution is -2.44. The summed E-state index contributed by atoms with van der Waals surface area (Å²) in [5.41, 5.74) is 0. The van der Waals surface area contributed by atoms with E-state index in [4.69, 9.17) is 9.94 Å². The van der Waals surface area contributed by atoms with Gasteiger partial charge in [0, 0.05) is 6.54 Å². The summed E-state index contributed by atoms with van der Waals surface area (Å²) in [6, 6.07) is -0.996. The molecule has 2 heterocycles. The van der Waals surface area contributed by atoms with Crippen LogP contribution in [-0.2, 0) is 9.63 Å². The van der Waals surface area contributed by atoms with Gasteiger partial charge in [0.25, 0.3) is 0 Å². The van der Waals surface area contributed by atoms with Gasteiger partial charge >= 0.3 is 12.0 Å². The number of aliphatic carboxylic acids is 1. The zero-order chi connectivity index (χ0) is 10.3. The Morgan fingerprint density at radius 1 is 1.57 bits per heavy atom. The molecule has 2 amide bonds. The van der Waals surface area contributed by atoms with Crippen LogP contribution in [0.2, 0.25) is 0 Å². The number of carbonyl (C=O) groups is 2. The van der Waals surface area contributed by atoms with E-state index in [1.807, 2.05) is 0 Å². The number of carboxylic acids is 1. The van der Waals surface area contributed by atoms with E-state index >= 15 is 0 Å². The molecule has 0 aromatic rings. The normalized spacial score (nSPS) is 31.1. The van der Waals surface area contributed by atoms with Crippen LogP contribution in [0.3, 0.4) is 0 Å². The van der Waals surface area contributed by atoms with Crippen molar-refractivity contribution in [2.24, 2.45) is 0 Å². The SMILES string of the molecule is CON1C(=O)N2CC1CCC2C(=O)O. The van der Waals surface area contributed by atoms with E-state index in [0.29, 0.717) is 19.4 Å². The molecular weight excluding hydrogens is 188 g/mol. The van der Waals surface area contributed by atoms with Crippen molar-refractivity contribution in [2.75, 3.05) is 13.7 Å². The van der Waals surface area contributed by atoms with Crippen LogP contribution in [-0.4, -0.2) is 52.8 Å². The molecule has 0 spiro atoms. The lowest BCUT2D eigenvalue weighted by Gasteiger charge is -2.26. The second kappa shape index (κ2) is 3.13. The fraction of sp³-hybridized carbons (Fsp3) is 0.750. The van der Waals surface area contributed by atoms with Gasteiger partial charge in [0.1, 0.15) is 6.04 Å². The summed E-state index contributed by atoms with van der Waals surface area (Å²) in [6.07, 6.45) is 1.19. The maximum absolute atomic E-state index is 11.6. The zero-order valence-corrected chi connectivity index (χ0v) is 7.84. The number of fused-ring (bicyclic) bond motifs is 2. The molecule has 78 valence electrons. The summed E-state index contributed by atoms with van der Waals surface area (Å²) >= 11 is 0. The van der Waals surface area contributed by atoms with Crippen LogP contribution in [0.5, 0.6) is 0 Å². The number of hydrogen-bond donors (Lipinski definition) is 1. The quantitative estimate of drug-likeness (QED) is 0.675. The molecule has 2 aliphatic heterocycles. The topological polar surface area (TPSA) is 70.1 Å². The molecule has 0 aromatic heterocycles. The standard InChI is InChI=1S/C8H12N2O4/c1-14-10-5-2-3-6(7(11)12)9(4-5)8(10)13/h5-6H,2-4H2,1H3,(H,11,12). The van der Waals surface area contributed by atoms with Crippen molar-refractivity contribution in [2.45, 2.75) is 24.9 Å². The van der Waals surface area contributed by atoms with Gasteiger partial charge in [-0.1, -0.05) is 0 Å². The summed E-state index contributed by atoms with van der Waals surface area (Å²) < 4.78 is 0. The largest absolute Gasteiger partial charge is 0.480 e. The van der Waals surface area contributed by atoms with E-state index in [0.717, 1.165) is 0 Å². The molecule has 1 N–H and O–H groups in total. The van der Waals surface area contributed by atoms with Crippen molar-refractivity contribution >= 4 is 12.0 Å². The molecule has 6 heteroatoms. The number of carboxylic acid groups (broad SMARTS) is 1. The number of rotatable bonds is 2. The summed E-state index contributed by atoms with van der Waals surface area (Å²) in [6.45, 7) is 0.462. The van der Waals surface area contributed by atoms with E-state index in [-0.39, 0.29) is 12.1 Å². The minimum absolute atomic E-state index is 0.0168. The Bertz CT molecular complexity index is 281. The van der Waals surface area contributed by atoms with Crippen LogP contribution in [0.1, 0.15) is 12.8 Å². The predicted molar refractivity (Wildman–Crippen MR) is 45.4 cm³/mol. The highest BCUT2D eigenvalue weighted by Crippen LogP contribution is 2.29. The van der Waals surface area contributed by atoms with Crippen LogP contribution in [0, 0.1) is 0 Å². The third kappa shape index (κ3) is 1.14. The smallest absolute Gasteiger partial charge is 0.345 e. The van der Waals surface area contributed by atoms with Gasteiger partial charge in [-0.2, -0.15) is 5.06 Å². The number of amides is 2. The molecule has 2 aliphatic rings. The molecule has 0 aliphatic carbocycles. The molecule has 6 nitrogen and oxygen atoms in total. The zero-order valence-electron chi connectivity index (χ0n) is 7.84. The monoisotopic (exact) mass is 200 g/mol. The number of hydrogen-bond acceptors (Lipinski definition) is 3. The van der Waals surface area contributed by atoms with E-state index in [1.54, 1.807) is 0 Å². The second-order valence-electron chi connectivity index (χ2n) is 3.53. The Labute approximate surface area is 81.0 Å². The van der Waals surface area contributed by atoms with Crippen molar-refractivity contribution in [3.05, 3.63) is 0 Å². The van der Waals surface area contributed by atoms with Gasteiger partial charge in [-0.15, -0.1) is 0 Å². The minimum Gasteiger partial charge on any atom is -0.480 e. The molecule has 2 atom stereocenters. The highest BCUT2D eigenvalue weighted by Gasteiger charge is 2.47. The number of nitrogens with zero attached hydrogens (tertiary/aromatic N) is 2. The number of hydroxylamine groups is 2. The van der Waals surface area contributed by atoms with Gasteiger partial charge in [-0.25, -0.2) is 9.59 Å². The first-order chi connectivity index (χ1) is 6.65. The van der Waals surface area contributed by atoms with Gasteiger partial charge in [0.2, 0.25) is 0 Å². The van der Waals surface area contributed by atoms with Gasteiger partial charge in [0.15, 0.2) is 0 Å². The average Bonchev–Trinajstić information content (AvgIpc) is 2.39. The first-order valence-corrected chi connectivity index (χ1v) is 4.52. The molecule has 14 heavy (non-hydrogen) atoms. The average molecular weight is 200 g/mol. The lowest BCUT2D eigenvalue weighted by molar-refractivity contribution is -0.142. The molecule has 2 rings (SSSR count). The fourth-order valence-corrected chi connectivity index (χ4v) is 2.12. The molecule has 2 bridgehead atoms. The molecule has 2 unspecified atom stereocenters. The highest BCUT2D eigenvalue weighted by atomic mass is 16.7. The third-order valence-electron chi connectivity index (χ3n) is 2.80. The molecule has 0 saturated carbocycles. The van der Waals surface area contributed by atoms with Crippen LogP contribution in [0.4, 0.5) is 4.79 Å². The number of carbonyl (C=O) groups excluding carboxylic acids is 1. The Morgan fingerprint density at radius 2 is 2.29 bits per heavy atom. The summed E-state index contributed by atoms with van der Waals surface area (Å²) in [5, 5.41) is 10.1. The first-order valence-electron chi connectivity index (χ1n) is 4.52. The maximum atomic E-state index is 11.6. The molecule has 0 radical (unpaired) electrons. The van der Waals surface area contributed by atoms with Crippen LogP contribution in [0.15, 0.2) is 0 Å². The Hall–Kier alpha value is -1.30. The van der Waals surface area contributed by atoms with Crippen molar-refractivity contribution in [1.82, 2.24) is 9.96 Å². The Balaban J connectivity index is 2.20. The van der Waals surface area contributed by atoms with E-state index < -0.39 is 12.0 Å². The predicted octanol–water partition coefficient (Wildman–Crippen LogP) is -0.0990. The van der Waals surface area contributed by atoms with E-state index in [9.17, 15) is 9.59 Å². The molecule has 2 saturated heterocycles. The van der Waals surface area contributed by atoms with Gasteiger partial charge in [0.05, 0.1) is 13.2 Å². The summed E-state index contributed by atoms with van der Waals surface area (Å²) in [5.74, 6) is -0.935. The van der Waals surface area contributed by atoms with E-state index in [1.165, 1.54) is 17.1 Å². The van der Waals surface area contributed by atoms with Crippen LogP contribution in [0.25, 0.3) is 0 Å². The van der Waals surface area contributed by atoms with Crippen molar-refractivity contribution < 1.29 is 19.5 Å². The third-order valence-corrected chi connectivity index (χ3v) is 2.80. The van der Waals surface area contributed by atoms with Gasteiger partial charge < -0.3 is 10.0 Å². The summed E-state index contributed by atoms with van der Waals surface area (Å²) in [7, 11) is 1.43. The van der Waals surface area contributed by atoms with Crippen molar-refractivity contribution in [1.29, 1.82) is 0 Å². The van der Waals surface area contributed by atoms with Crippen LogP contribution >= 0.6 is 0 Å². The summed E-state index contributed by atoms with van der Waals surface area (Å²) in [4.78, 5) is 28.7. The molecular formula is C8H12N2O4. The van der Waals surface area contributed by atoms with Gasteiger partial charge in [-0.05, 0) is 12.8 Å². The lowest BCUT2D eigenvalue weighted by atomic mass is 10.0. The minimum atomic E-state index is -0.935. The highest BCUT2D eigenvalue weighted by molar-refractivity contribution is 5.84. The number of piperidine rings is 1. The van der Waals surface area contributed by atoms with Crippen molar-refractivity contribution in [3.8, 4) is 0 Å². The Kier molecular flexibility index (Phi) is 2.07. The second-order valence-corrected chi connectivity index (χ2v) is 3.53. The van der Waals surface area contributed by atoms with Gasteiger partial charge in [-0.3, -0.25) is 4.84 Å².